The molecule has 0 aromatic heterocycles. The van der Waals surface area contributed by atoms with Crippen molar-refractivity contribution in [1.82, 2.24) is 0 Å². The van der Waals surface area contributed by atoms with Gasteiger partial charge in [0.1, 0.15) is 0 Å². The molecule has 0 spiro atoms. The van der Waals surface area contributed by atoms with E-state index in [9.17, 15) is 10.1 Å². The lowest BCUT2D eigenvalue weighted by Crippen LogP contribution is -2.19. The molecule has 0 aliphatic heterocycles. The molecule has 1 atom stereocenters. The number of nitrogens with zero attached hydrogens (tertiary/aromatic N) is 1. The molecule has 0 N–H and O–H groups in total. The highest BCUT2D eigenvalue weighted by Crippen LogP contribution is 2.15. The molecule has 3 nitrogen and oxygen atoms in total. The van der Waals surface area contributed by atoms with Crippen molar-refractivity contribution in [1.29, 1.82) is 0 Å². The number of hydrogen-bond acceptors (Lipinski definition) is 2. The standard InChI is InChI=1S/C19H39NO2/c1-3-5-7-8-9-10-11-12-13-14-15-16-18-19(20(21)22)17-6-4-2/h19H,3-18H2,1-2H3. The topological polar surface area (TPSA) is 43.1 Å². The predicted molar refractivity (Wildman–Crippen MR) is 96.0 cm³/mol. The Kier molecular flexibility index (Phi) is 16.3. The van der Waals surface area contributed by atoms with Gasteiger partial charge in [-0.05, 0) is 12.8 Å². The number of rotatable bonds is 17. The van der Waals surface area contributed by atoms with Gasteiger partial charge in [0, 0.05) is 17.8 Å². The molecule has 0 bridgehead atoms. The normalized spacial score (nSPS) is 12.5. The Bertz CT molecular complexity index is 244. The van der Waals surface area contributed by atoms with Gasteiger partial charge >= 0.3 is 0 Å². The Morgan fingerprint density at radius 1 is 0.636 bits per heavy atom. The Balaban J connectivity index is 3.29. The summed E-state index contributed by atoms with van der Waals surface area (Å²) in [6.07, 6.45) is 19.4. The van der Waals surface area contributed by atoms with E-state index in [0.717, 1.165) is 32.1 Å². The molecule has 0 radical (unpaired) electrons. The van der Waals surface area contributed by atoms with Crippen molar-refractivity contribution in [2.75, 3.05) is 0 Å². The summed E-state index contributed by atoms with van der Waals surface area (Å²) in [5.74, 6) is 0. The van der Waals surface area contributed by atoms with Crippen molar-refractivity contribution in [3.8, 4) is 0 Å². The number of nitro groups is 1. The average molecular weight is 314 g/mol. The maximum Gasteiger partial charge on any atom is 0.213 e. The summed E-state index contributed by atoms with van der Waals surface area (Å²) < 4.78 is 0. The molecule has 0 amide bonds. The summed E-state index contributed by atoms with van der Waals surface area (Å²) in [7, 11) is 0. The highest BCUT2D eigenvalue weighted by atomic mass is 16.6. The van der Waals surface area contributed by atoms with Gasteiger partial charge in [-0.2, -0.15) is 0 Å². The monoisotopic (exact) mass is 313 g/mol. The third kappa shape index (κ3) is 14.3. The van der Waals surface area contributed by atoms with Crippen LogP contribution in [0.3, 0.4) is 0 Å². The van der Waals surface area contributed by atoms with Gasteiger partial charge in [0.2, 0.25) is 6.04 Å². The van der Waals surface area contributed by atoms with E-state index < -0.39 is 0 Å². The van der Waals surface area contributed by atoms with Gasteiger partial charge in [-0.3, -0.25) is 10.1 Å². The van der Waals surface area contributed by atoms with Crippen molar-refractivity contribution < 1.29 is 4.92 Å². The van der Waals surface area contributed by atoms with Gasteiger partial charge in [-0.1, -0.05) is 90.9 Å². The molecule has 0 fully saturated rings. The quantitative estimate of drug-likeness (QED) is 0.166. The second kappa shape index (κ2) is 16.8. The minimum absolute atomic E-state index is 0.0613. The molecular weight excluding hydrogens is 274 g/mol. The first-order valence-corrected chi connectivity index (χ1v) is 9.85. The summed E-state index contributed by atoms with van der Waals surface area (Å²) >= 11 is 0. The van der Waals surface area contributed by atoms with E-state index >= 15 is 0 Å². The zero-order valence-corrected chi connectivity index (χ0v) is 15.2. The highest BCUT2D eigenvalue weighted by molar-refractivity contribution is 4.58. The minimum atomic E-state index is -0.289. The summed E-state index contributed by atoms with van der Waals surface area (Å²) in [5.41, 5.74) is 0. The summed E-state index contributed by atoms with van der Waals surface area (Å²) in [4.78, 5) is 10.9. The third-order valence-corrected chi connectivity index (χ3v) is 4.58. The zero-order chi connectivity index (χ0) is 16.5. The predicted octanol–water partition coefficient (Wildman–Crippen LogP) is 6.91. The summed E-state index contributed by atoms with van der Waals surface area (Å²) in [5, 5.41) is 10.9. The van der Waals surface area contributed by atoms with Crippen LogP contribution in [0.2, 0.25) is 0 Å². The van der Waals surface area contributed by atoms with E-state index in [4.69, 9.17) is 0 Å². The third-order valence-electron chi connectivity index (χ3n) is 4.58. The van der Waals surface area contributed by atoms with Gasteiger partial charge in [0.25, 0.3) is 0 Å². The van der Waals surface area contributed by atoms with Crippen molar-refractivity contribution in [3.63, 3.8) is 0 Å². The lowest BCUT2D eigenvalue weighted by Gasteiger charge is -2.08. The second-order valence-electron chi connectivity index (χ2n) is 6.76. The molecule has 0 aliphatic rings. The van der Waals surface area contributed by atoms with E-state index in [0.29, 0.717) is 0 Å². The molecule has 1 unspecified atom stereocenters. The van der Waals surface area contributed by atoms with Gasteiger partial charge in [0.15, 0.2) is 0 Å². The lowest BCUT2D eigenvalue weighted by atomic mass is 10.0. The van der Waals surface area contributed by atoms with Gasteiger partial charge in [-0.25, -0.2) is 0 Å². The fourth-order valence-electron chi connectivity index (χ4n) is 3.02. The highest BCUT2D eigenvalue weighted by Gasteiger charge is 2.18. The molecule has 0 aromatic rings. The molecular formula is C19H39NO2. The van der Waals surface area contributed by atoms with Crippen molar-refractivity contribution in [2.45, 2.75) is 123 Å². The van der Waals surface area contributed by atoms with Crippen LogP contribution in [0.5, 0.6) is 0 Å². The minimum Gasteiger partial charge on any atom is -0.264 e. The largest absolute Gasteiger partial charge is 0.264 e. The smallest absolute Gasteiger partial charge is 0.213 e. The van der Waals surface area contributed by atoms with Crippen molar-refractivity contribution >= 4 is 0 Å². The summed E-state index contributed by atoms with van der Waals surface area (Å²) in [6.45, 7) is 4.36. The fourth-order valence-corrected chi connectivity index (χ4v) is 3.02. The Labute approximate surface area is 138 Å². The van der Waals surface area contributed by atoms with E-state index in [-0.39, 0.29) is 11.0 Å². The van der Waals surface area contributed by atoms with Gasteiger partial charge in [0.05, 0.1) is 0 Å². The number of unbranched alkanes of at least 4 members (excludes halogenated alkanes) is 12. The van der Waals surface area contributed by atoms with E-state index in [1.165, 1.54) is 70.6 Å². The molecule has 3 heteroatoms. The average Bonchev–Trinajstić information content (AvgIpc) is 2.51. The molecule has 22 heavy (non-hydrogen) atoms. The first kappa shape index (κ1) is 21.4. The number of hydrogen-bond donors (Lipinski definition) is 0. The van der Waals surface area contributed by atoms with Crippen LogP contribution in [-0.2, 0) is 0 Å². The van der Waals surface area contributed by atoms with Crippen LogP contribution in [0.25, 0.3) is 0 Å². The van der Waals surface area contributed by atoms with Crippen LogP contribution in [0.15, 0.2) is 0 Å². The molecule has 0 heterocycles. The van der Waals surface area contributed by atoms with Crippen molar-refractivity contribution in [2.24, 2.45) is 0 Å². The van der Waals surface area contributed by atoms with Crippen LogP contribution >= 0.6 is 0 Å². The van der Waals surface area contributed by atoms with Gasteiger partial charge < -0.3 is 0 Å². The maximum absolute atomic E-state index is 10.9. The molecule has 0 saturated heterocycles. The zero-order valence-electron chi connectivity index (χ0n) is 15.2. The van der Waals surface area contributed by atoms with Crippen molar-refractivity contribution in [3.05, 3.63) is 10.1 Å². The molecule has 0 aliphatic carbocycles. The maximum atomic E-state index is 10.9. The molecule has 0 rings (SSSR count). The molecule has 132 valence electrons. The fraction of sp³-hybridized carbons (Fsp3) is 1.00. The van der Waals surface area contributed by atoms with E-state index in [1.807, 2.05) is 0 Å². The SMILES string of the molecule is CCCCCCCCCCCCCCC(CCCC)[N+](=O)[O-]. The molecule has 0 aromatic carbocycles. The van der Waals surface area contributed by atoms with Crippen LogP contribution in [0, 0.1) is 10.1 Å². The summed E-state index contributed by atoms with van der Waals surface area (Å²) in [6, 6.07) is -0.289. The first-order valence-electron chi connectivity index (χ1n) is 9.85. The first-order chi connectivity index (χ1) is 10.7. The lowest BCUT2D eigenvalue weighted by molar-refractivity contribution is -0.524. The van der Waals surface area contributed by atoms with Crippen LogP contribution in [-0.4, -0.2) is 11.0 Å². The van der Waals surface area contributed by atoms with E-state index in [1.54, 1.807) is 0 Å². The van der Waals surface area contributed by atoms with Crippen LogP contribution < -0.4 is 0 Å². The Morgan fingerprint density at radius 3 is 1.41 bits per heavy atom. The Morgan fingerprint density at radius 2 is 1.00 bits per heavy atom. The van der Waals surface area contributed by atoms with E-state index in [2.05, 4.69) is 13.8 Å². The second-order valence-corrected chi connectivity index (χ2v) is 6.76. The van der Waals surface area contributed by atoms with Gasteiger partial charge in [-0.15, -0.1) is 0 Å². The molecule has 0 saturated carbocycles. The van der Waals surface area contributed by atoms with Crippen LogP contribution in [0.4, 0.5) is 0 Å². The van der Waals surface area contributed by atoms with Crippen LogP contribution in [0.1, 0.15) is 117 Å². The Hall–Kier alpha value is -0.600.